The third-order valence-corrected chi connectivity index (χ3v) is 6.16. The number of alkyl halides is 3. The van der Waals surface area contributed by atoms with E-state index >= 15 is 0 Å². The average Bonchev–Trinajstić information content (AvgIpc) is 3.20. The molecule has 12 heteroatoms. The Balaban J connectivity index is 2.02. The summed E-state index contributed by atoms with van der Waals surface area (Å²) in [7, 11) is 3.03. The normalized spacial score (nSPS) is 11.5. The first kappa shape index (κ1) is 26.2. The van der Waals surface area contributed by atoms with Crippen molar-refractivity contribution < 1.29 is 32.7 Å². The summed E-state index contributed by atoms with van der Waals surface area (Å²) in [5.74, 6) is -2.81. The summed E-state index contributed by atoms with van der Waals surface area (Å²) in [6.45, 7) is 0. The summed E-state index contributed by atoms with van der Waals surface area (Å²) in [6, 6.07) is 11.1. The summed E-state index contributed by atoms with van der Waals surface area (Å²) < 4.78 is 42.0. The lowest BCUT2D eigenvalue weighted by Gasteiger charge is -2.14. The predicted molar refractivity (Wildman–Crippen MR) is 131 cm³/mol. The Morgan fingerprint density at radius 3 is 2.22 bits per heavy atom. The van der Waals surface area contributed by atoms with Gasteiger partial charge in [0.05, 0.1) is 32.3 Å². The molecule has 3 aromatic carbocycles. The number of nitrogens with zero attached hydrogens (tertiary/aromatic N) is 3. The van der Waals surface area contributed by atoms with Crippen molar-refractivity contribution in [2.45, 2.75) is 6.18 Å². The molecule has 0 atom stereocenters. The van der Waals surface area contributed by atoms with E-state index in [0.717, 1.165) is 22.9 Å². The fraction of sp³-hybridized carbons (Fsp3) is 0.120. The summed E-state index contributed by atoms with van der Waals surface area (Å²) in [5.41, 5.74) is -1.67. The van der Waals surface area contributed by atoms with Crippen LogP contribution in [-0.4, -0.2) is 51.7 Å². The van der Waals surface area contributed by atoms with Crippen molar-refractivity contribution in [1.82, 2.24) is 14.7 Å². The topological polar surface area (TPSA) is 92.5 Å². The van der Waals surface area contributed by atoms with Crippen molar-refractivity contribution in [1.29, 1.82) is 0 Å². The van der Waals surface area contributed by atoms with E-state index in [1.165, 1.54) is 55.4 Å². The van der Waals surface area contributed by atoms with Crippen LogP contribution in [0.15, 0.2) is 54.6 Å². The minimum Gasteiger partial charge on any atom is -0.478 e. The number of hydrogen-bond donors (Lipinski definition) is 1. The molecule has 37 heavy (non-hydrogen) atoms. The van der Waals surface area contributed by atoms with Crippen molar-refractivity contribution in [2.75, 3.05) is 14.1 Å². The van der Waals surface area contributed by atoms with Gasteiger partial charge in [-0.3, -0.25) is 9.59 Å². The molecule has 0 saturated heterocycles. The molecule has 1 aromatic heterocycles. The molecule has 0 spiro atoms. The zero-order valence-electron chi connectivity index (χ0n) is 19.1. The Labute approximate surface area is 217 Å². The molecule has 0 aliphatic carbocycles. The van der Waals surface area contributed by atoms with E-state index in [-0.39, 0.29) is 38.3 Å². The first-order valence-electron chi connectivity index (χ1n) is 10.5. The number of amides is 1. The lowest BCUT2D eigenvalue weighted by molar-refractivity contribution is -0.137. The predicted octanol–water partition coefficient (Wildman–Crippen LogP) is 6.12. The van der Waals surface area contributed by atoms with E-state index < -0.39 is 40.1 Å². The van der Waals surface area contributed by atoms with Gasteiger partial charge in [0.25, 0.3) is 11.8 Å². The molecule has 7 nitrogen and oxygen atoms in total. The highest BCUT2D eigenvalue weighted by Gasteiger charge is 2.37. The second kappa shape index (κ2) is 9.53. The maximum Gasteiger partial charge on any atom is 0.417 e. The number of rotatable bonds is 4. The van der Waals surface area contributed by atoms with Gasteiger partial charge in [0, 0.05) is 30.6 Å². The molecule has 1 amide bonds. The second-order valence-corrected chi connectivity index (χ2v) is 8.97. The van der Waals surface area contributed by atoms with Gasteiger partial charge >= 0.3 is 12.1 Å². The number of fused-ring (bicyclic) bond motifs is 1. The van der Waals surface area contributed by atoms with Crippen molar-refractivity contribution in [3.8, 4) is 11.3 Å². The number of carbonyl (C=O) groups is 3. The maximum atomic E-state index is 13.7. The number of aromatic carboxylic acids is 1. The number of aromatic nitrogens is 2. The van der Waals surface area contributed by atoms with Crippen LogP contribution in [0.1, 0.15) is 36.6 Å². The van der Waals surface area contributed by atoms with Gasteiger partial charge in [-0.25, -0.2) is 4.79 Å². The highest BCUT2D eigenvalue weighted by Crippen LogP contribution is 2.38. The van der Waals surface area contributed by atoms with Crippen LogP contribution >= 0.6 is 23.2 Å². The molecule has 0 aliphatic heterocycles. The monoisotopic (exact) mass is 549 g/mol. The van der Waals surface area contributed by atoms with E-state index in [1.54, 1.807) is 0 Å². The molecule has 4 rings (SSSR count). The Kier molecular flexibility index (Phi) is 6.74. The van der Waals surface area contributed by atoms with Gasteiger partial charge in [0.15, 0.2) is 0 Å². The summed E-state index contributed by atoms with van der Waals surface area (Å²) in [5, 5.41) is 13.3. The molecule has 1 N–H and O–H groups in total. The summed E-state index contributed by atoms with van der Waals surface area (Å²) in [4.78, 5) is 38.7. The van der Waals surface area contributed by atoms with Crippen LogP contribution in [0.2, 0.25) is 10.0 Å². The molecule has 0 radical (unpaired) electrons. The Bertz CT molecular complexity index is 1600. The fourth-order valence-electron chi connectivity index (χ4n) is 3.78. The zero-order chi connectivity index (χ0) is 27.2. The Hall–Kier alpha value is -3.89. The molecule has 0 bridgehead atoms. The van der Waals surface area contributed by atoms with Crippen LogP contribution in [0.25, 0.3) is 22.2 Å². The van der Waals surface area contributed by atoms with Crippen molar-refractivity contribution in [3.63, 3.8) is 0 Å². The SMILES string of the molecule is CN(C)C(=O)c1ccc2c(-c3ccc(C(=O)O)cc3Cl)nn(C(=O)c3c(Cl)cccc3C(F)(F)F)c2c1. The minimum absolute atomic E-state index is 0.0129. The Morgan fingerprint density at radius 2 is 1.62 bits per heavy atom. The molecule has 1 heterocycles. The molecular weight excluding hydrogens is 534 g/mol. The van der Waals surface area contributed by atoms with Crippen molar-refractivity contribution in [3.05, 3.63) is 86.9 Å². The first-order chi connectivity index (χ1) is 17.3. The van der Waals surface area contributed by atoms with Crippen molar-refractivity contribution >= 4 is 51.9 Å². The number of carboxylic acids is 1. The van der Waals surface area contributed by atoms with Crippen molar-refractivity contribution in [2.24, 2.45) is 0 Å². The van der Waals surface area contributed by atoms with Crippen LogP contribution in [0, 0.1) is 0 Å². The summed E-state index contributed by atoms with van der Waals surface area (Å²) in [6.07, 6.45) is -4.89. The molecular formula is C25H16Cl2F3N3O4. The van der Waals surface area contributed by atoms with E-state index in [4.69, 9.17) is 23.2 Å². The van der Waals surface area contributed by atoms with Crippen LogP contribution < -0.4 is 0 Å². The van der Waals surface area contributed by atoms with Gasteiger partial charge in [0.1, 0.15) is 5.69 Å². The molecule has 190 valence electrons. The van der Waals surface area contributed by atoms with E-state index in [1.807, 2.05) is 0 Å². The molecule has 0 unspecified atom stereocenters. The third-order valence-electron chi connectivity index (χ3n) is 5.53. The van der Waals surface area contributed by atoms with Crippen LogP contribution in [0.3, 0.4) is 0 Å². The summed E-state index contributed by atoms with van der Waals surface area (Å²) >= 11 is 12.4. The lowest BCUT2D eigenvalue weighted by Crippen LogP contribution is -2.22. The average molecular weight is 550 g/mol. The number of hydrogen-bond acceptors (Lipinski definition) is 4. The standard InChI is InChI=1S/C25H16Cl2F3N3O4/c1-32(2)22(34)12-6-9-15-19(11-12)33(23(35)20-16(25(28,29)30)4-3-5-17(20)26)31-21(15)14-8-7-13(24(36)37)10-18(14)27/h3-11H,1-2H3,(H,36,37). The van der Waals surface area contributed by atoms with Gasteiger partial charge < -0.3 is 10.0 Å². The maximum absolute atomic E-state index is 13.7. The highest BCUT2D eigenvalue weighted by molar-refractivity contribution is 6.35. The molecule has 0 aliphatic rings. The van der Waals surface area contributed by atoms with Gasteiger partial charge in [-0.1, -0.05) is 35.3 Å². The molecule has 0 saturated carbocycles. The largest absolute Gasteiger partial charge is 0.478 e. The number of halogens is 5. The van der Waals surface area contributed by atoms with Gasteiger partial charge in [-0.2, -0.15) is 23.0 Å². The number of benzene rings is 3. The van der Waals surface area contributed by atoms with Crippen LogP contribution in [0.4, 0.5) is 13.2 Å². The Morgan fingerprint density at radius 1 is 0.946 bits per heavy atom. The van der Waals surface area contributed by atoms with Crippen LogP contribution in [0.5, 0.6) is 0 Å². The lowest BCUT2D eigenvalue weighted by atomic mass is 10.0. The highest BCUT2D eigenvalue weighted by atomic mass is 35.5. The van der Waals surface area contributed by atoms with Crippen LogP contribution in [-0.2, 0) is 6.18 Å². The number of carboxylic acid groups (broad SMARTS) is 1. The third kappa shape index (κ3) is 4.77. The molecule has 4 aromatic rings. The minimum atomic E-state index is -4.89. The van der Waals surface area contributed by atoms with E-state index in [0.29, 0.717) is 0 Å². The second-order valence-electron chi connectivity index (χ2n) is 8.16. The fourth-order valence-corrected chi connectivity index (χ4v) is 4.31. The van der Waals surface area contributed by atoms with E-state index in [9.17, 15) is 32.7 Å². The smallest absolute Gasteiger partial charge is 0.417 e. The van der Waals surface area contributed by atoms with Gasteiger partial charge in [-0.05, 0) is 42.5 Å². The molecule has 0 fully saturated rings. The first-order valence-corrected chi connectivity index (χ1v) is 11.2. The van der Waals surface area contributed by atoms with E-state index in [2.05, 4.69) is 5.10 Å². The quantitative estimate of drug-likeness (QED) is 0.331. The zero-order valence-corrected chi connectivity index (χ0v) is 20.6. The van der Waals surface area contributed by atoms with Gasteiger partial charge in [0.2, 0.25) is 0 Å². The number of carbonyl (C=O) groups excluding carboxylic acids is 2. The van der Waals surface area contributed by atoms with Gasteiger partial charge in [-0.15, -0.1) is 0 Å².